The molecule has 3 N–H and O–H groups in total. The highest BCUT2D eigenvalue weighted by Gasteiger charge is 2.21. The van der Waals surface area contributed by atoms with Gasteiger partial charge in [0.25, 0.3) is 5.91 Å². The Hall–Kier alpha value is -0.580. The number of rotatable bonds is 4. The maximum Gasteiger partial charge on any atom is 0.262 e. The molecule has 0 aliphatic heterocycles. The van der Waals surface area contributed by atoms with E-state index in [1.807, 2.05) is 5.38 Å². The maximum atomic E-state index is 11.9. The van der Waals surface area contributed by atoms with Crippen LogP contribution in [0.5, 0.6) is 0 Å². The number of thiophene rings is 1. The van der Waals surface area contributed by atoms with Crippen LogP contribution in [0.25, 0.3) is 0 Å². The second-order valence-electron chi connectivity index (χ2n) is 4.93. The van der Waals surface area contributed by atoms with Gasteiger partial charge in [-0.3, -0.25) is 4.79 Å². The molecule has 0 spiro atoms. The van der Waals surface area contributed by atoms with E-state index in [0.29, 0.717) is 21.7 Å². The minimum Gasteiger partial charge on any atom is -0.351 e. The Morgan fingerprint density at radius 2 is 2.06 bits per heavy atom. The zero-order valence-corrected chi connectivity index (χ0v) is 11.9. The van der Waals surface area contributed by atoms with Crippen molar-refractivity contribution in [2.75, 3.05) is 13.1 Å². The van der Waals surface area contributed by atoms with Crippen LogP contribution in [0.3, 0.4) is 0 Å². The molecule has 0 saturated heterocycles. The van der Waals surface area contributed by atoms with E-state index in [9.17, 15) is 4.79 Å². The summed E-state index contributed by atoms with van der Waals surface area (Å²) in [5.74, 6) is 1.23. The van der Waals surface area contributed by atoms with Gasteiger partial charge in [-0.1, -0.05) is 11.6 Å². The molecule has 1 aromatic heterocycles. The predicted molar refractivity (Wildman–Crippen MR) is 76.2 cm³/mol. The fourth-order valence-corrected chi connectivity index (χ4v) is 3.50. The van der Waals surface area contributed by atoms with Crippen molar-refractivity contribution in [3.05, 3.63) is 21.3 Å². The number of hydrogen-bond donors (Lipinski definition) is 2. The fraction of sp³-hybridized carbons (Fsp3) is 0.615. The van der Waals surface area contributed by atoms with Gasteiger partial charge in [-0.05, 0) is 55.5 Å². The van der Waals surface area contributed by atoms with Crippen LogP contribution in [0.15, 0.2) is 11.4 Å². The van der Waals surface area contributed by atoms with Crippen LogP contribution in [-0.4, -0.2) is 19.0 Å². The van der Waals surface area contributed by atoms with Crippen molar-refractivity contribution in [2.24, 2.45) is 17.6 Å². The Kier molecular flexibility index (Phi) is 5.03. The van der Waals surface area contributed by atoms with Crippen LogP contribution in [0, 0.1) is 11.8 Å². The Bertz CT molecular complexity index is 399. The van der Waals surface area contributed by atoms with E-state index in [4.69, 9.17) is 17.3 Å². The summed E-state index contributed by atoms with van der Waals surface area (Å²) in [6.07, 6.45) is 4.72. The SMILES string of the molecule is NCC1CCC(CNC(=O)c2sccc2Cl)CC1. The molecule has 0 aromatic carbocycles. The van der Waals surface area contributed by atoms with E-state index >= 15 is 0 Å². The smallest absolute Gasteiger partial charge is 0.262 e. The lowest BCUT2D eigenvalue weighted by molar-refractivity contribution is 0.0946. The molecule has 5 heteroatoms. The highest BCUT2D eigenvalue weighted by molar-refractivity contribution is 7.12. The highest BCUT2D eigenvalue weighted by atomic mass is 35.5. The Labute approximate surface area is 117 Å². The van der Waals surface area contributed by atoms with Crippen molar-refractivity contribution in [2.45, 2.75) is 25.7 Å². The number of halogens is 1. The molecule has 1 aromatic rings. The number of carbonyl (C=O) groups is 1. The zero-order valence-electron chi connectivity index (χ0n) is 10.3. The van der Waals surface area contributed by atoms with Gasteiger partial charge in [0.2, 0.25) is 0 Å². The monoisotopic (exact) mass is 286 g/mol. The summed E-state index contributed by atoms with van der Waals surface area (Å²) in [6, 6.07) is 1.76. The van der Waals surface area contributed by atoms with Crippen LogP contribution in [0.1, 0.15) is 35.4 Å². The number of carbonyl (C=O) groups excluding carboxylic acids is 1. The molecule has 100 valence electrons. The summed E-state index contributed by atoms with van der Waals surface area (Å²) in [5.41, 5.74) is 5.67. The summed E-state index contributed by atoms with van der Waals surface area (Å²) in [5, 5.41) is 5.37. The lowest BCUT2D eigenvalue weighted by atomic mass is 9.82. The summed E-state index contributed by atoms with van der Waals surface area (Å²) in [6.45, 7) is 1.55. The average molecular weight is 287 g/mol. The van der Waals surface area contributed by atoms with Gasteiger partial charge in [0.15, 0.2) is 0 Å². The molecule has 2 rings (SSSR count). The topological polar surface area (TPSA) is 55.1 Å². The normalized spacial score (nSPS) is 23.9. The van der Waals surface area contributed by atoms with Crippen LogP contribution in [-0.2, 0) is 0 Å². The Morgan fingerprint density at radius 1 is 1.39 bits per heavy atom. The van der Waals surface area contributed by atoms with Gasteiger partial charge in [0.1, 0.15) is 4.88 Å². The standard InChI is InChI=1S/C13H19ClN2OS/c14-11-5-6-18-12(11)13(17)16-8-10-3-1-9(7-15)2-4-10/h5-6,9-10H,1-4,7-8,15H2,(H,16,17). The van der Waals surface area contributed by atoms with E-state index < -0.39 is 0 Å². The van der Waals surface area contributed by atoms with Crippen molar-refractivity contribution < 1.29 is 4.79 Å². The third kappa shape index (κ3) is 3.46. The minimum atomic E-state index is -0.0454. The molecule has 1 saturated carbocycles. The van der Waals surface area contributed by atoms with Crippen molar-refractivity contribution in [3.8, 4) is 0 Å². The molecule has 1 heterocycles. The third-order valence-electron chi connectivity index (χ3n) is 3.67. The minimum absolute atomic E-state index is 0.0454. The van der Waals surface area contributed by atoms with E-state index in [-0.39, 0.29) is 5.91 Å². The number of hydrogen-bond acceptors (Lipinski definition) is 3. The van der Waals surface area contributed by atoms with Crippen molar-refractivity contribution in [1.29, 1.82) is 0 Å². The molecule has 3 nitrogen and oxygen atoms in total. The molecule has 0 unspecified atom stereocenters. The van der Waals surface area contributed by atoms with Crippen molar-refractivity contribution >= 4 is 28.8 Å². The first-order valence-corrected chi connectivity index (χ1v) is 7.67. The van der Waals surface area contributed by atoms with Crippen LogP contribution in [0.4, 0.5) is 0 Å². The van der Waals surface area contributed by atoms with Crippen molar-refractivity contribution in [1.82, 2.24) is 5.32 Å². The van der Waals surface area contributed by atoms with E-state index in [1.54, 1.807) is 6.07 Å². The molecule has 1 aliphatic carbocycles. The number of nitrogens with two attached hydrogens (primary N) is 1. The molecule has 1 aliphatic rings. The second kappa shape index (κ2) is 6.55. The summed E-state index contributed by atoms with van der Waals surface area (Å²) >= 11 is 7.32. The number of nitrogens with one attached hydrogen (secondary N) is 1. The van der Waals surface area contributed by atoms with Gasteiger partial charge in [-0.2, -0.15) is 0 Å². The molecule has 0 radical (unpaired) electrons. The van der Waals surface area contributed by atoms with Crippen LogP contribution >= 0.6 is 22.9 Å². The fourth-order valence-electron chi connectivity index (χ4n) is 2.44. The van der Waals surface area contributed by atoms with Crippen LogP contribution in [0.2, 0.25) is 5.02 Å². The van der Waals surface area contributed by atoms with Crippen LogP contribution < -0.4 is 11.1 Å². The first-order valence-electron chi connectivity index (χ1n) is 6.42. The molecule has 18 heavy (non-hydrogen) atoms. The highest BCUT2D eigenvalue weighted by Crippen LogP contribution is 2.28. The lowest BCUT2D eigenvalue weighted by Gasteiger charge is -2.27. The Morgan fingerprint density at radius 3 is 2.61 bits per heavy atom. The number of amides is 1. The summed E-state index contributed by atoms with van der Waals surface area (Å²) in [4.78, 5) is 12.5. The predicted octanol–water partition coefficient (Wildman–Crippen LogP) is 2.90. The van der Waals surface area contributed by atoms with Gasteiger partial charge < -0.3 is 11.1 Å². The molecular weight excluding hydrogens is 268 g/mol. The van der Waals surface area contributed by atoms with E-state index in [0.717, 1.165) is 13.1 Å². The maximum absolute atomic E-state index is 11.9. The largest absolute Gasteiger partial charge is 0.351 e. The van der Waals surface area contributed by atoms with Crippen molar-refractivity contribution in [3.63, 3.8) is 0 Å². The quantitative estimate of drug-likeness (QED) is 0.894. The molecular formula is C13H19ClN2OS. The molecule has 1 fully saturated rings. The second-order valence-corrected chi connectivity index (χ2v) is 6.25. The molecule has 0 atom stereocenters. The van der Waals surface area contributed by atoms with Gasteiger partial charge in [-0.15, -0.1) is 11.3 Å². The van der Waals surface area contributed by atoms with E-state index in [1.165, 1.54) is 37.0 Å². The summed E-state index contributed by atoms with van der Waals surface area (Å²) < 4.78 is 0. The van der Waals surface area contributed by atoms with Gasteiger partial charge >= 0.3 is 0 Å². The summed E-state index contributed by atoms with van der Waals surface area (Å²) in [7, 11) is 0. The zero-order chi connectivity index (χ0) is 13.0. The van der Waals surface area contributed by atoms with Gasteiger partial charge in [0.05, 0.1) is 5.02 Å². The molecule has 0 bridgehead atoms. The average Bonchev–Trinajstić information content (AvgIpc) is 2.83. The first kappa shape index (κ1) is 13.8. The lowest BCUT2D eigenvalue weighted by Crippen LogP contribution is -2.32. The molecule has 1 amide bonds. The first-order chi connectivity index (χ1) is 8.70. The van der Waals surface area contributed by atoms with E-state index in [2.05, 4.69) is 5.32 Å². The van der Waals surface area contributed by atoms with Gasteiger partial charge in [0, 0.05) is 6.54 Å². The third-order valence-corrected chi connectivity index (χ3v) is 5.01. The Balaban J connectivity index is 1.76. The van der Waals surface area contributed by atoms with Gasteiger partial charge in [-0.25, -0.2) is 0 Å².